The van der Waals surface area contributed by atoms with E-state index in [1.807, 2.05) is 6.92 Å². The van der Waals surface area contributed by atoms with Crippen molar-refractivity contribution in [2.75, 3.05) is 13.2 Å². The van der Waals surface area contributed by atoms with Crippen LogP contribution in [0.3, 0.4) is 0 Å². The fourth-order valence-corrected chi connectivity index (χ4v) is 2.79. The van der Waals surface area contributed by atoms with E-state index < -0.39 is 0 Å². The summed E-state index contributed by atoms with van der Waals surface area (Å²) in [6, 6.07) is -0.202. The van der Waals surface area contributed by atoms with Crippen molar-refractivity contribution >= 4 is 11.8 Å². The molecule has 90 valence electrons. The maximum atomic E-state index is 11.6. The van der Waals surface area contributed by atoms with Gasteiger partial charge in [0.15, 0.2) is 0 Å². The van der Waals surface area contributed by atoms with Crippen LogP contribution in [0.5, 0.6) is 0 Å². The van der Waals surface area contributed by atoms with Crippen molar-refractivity contribution < 1.29 is 14.3 Å². The van der Waals surface area contributed by atoms with Gasteiger partial charge in [0, 0.05) is 12.8 Å². The van der Waals surface area contributed by atoms with Crippen molar-refractivity contribution in [1.29, 1.82) is 0 Å². The van der Waals surface area contributed by atoms with E-state index >= 15 is 0 Å². The van der Waals surface area contributed by atoms with E-state index in [-0.39, 0.29) is 12.0 Å². The smallest absolute Gasteiger partial charge is 0.323 e. The number of fused-ring (bicyclic) bond motifs is 1. The molecule has 3 atom stereocenters. The standard InChI is InChI=1S/C12H19NO3/c1-2-16-12(15)11-6-9-5-10(14)4-3-8(9)7-13-11/h8-9,11,13H,2-7H2,1H3/t8-,9+,11+/m1/s1. The molecular weight excluding hydrogens is 206 g/mol. The van der Waals surface area contributed by atoms with Gasteiger partial charge in [0.2, 0.25) is 0 Å². The Kier molecular flexibility index (Phi) is 3.59. The van der Waals surface area contributed by atoms with Crippen LogP contribution in [0.15, 0.2) is 0 Å². The number of ether oxygens (including phenoxy) is 1. The van der Waals surface area contributed by atoms with E-state index in [0.717, 1.165) is 19.4 Å². The maximum Gasteiger partial charge on any atom is 0.323 e. The van der Waals surface area contributed by atoms with Crippen LogP contribution in [0.2, 0.25) is 0 Å². The molecule has 1 N–H and O–H groups in total. The fourth-order valence-electron chi connectivity index (χ4n) is 2.79. The molecule has 0 aromatic heterocycles. The largest absolute Gasteiger partial charge is 0.465 e. The number of hydrogen-bond donors (Lipinski definition) is 1. The quantitative estimate of drug-likeness (QED) is 0.709. The molecule has 1 aliphatic heterocycles. The molecule has 4 heteroatoms. The number of esters is 1. The highest BCUT2D eigenvalue weighted by Gasteiger charge is 2.37. The number of carbonyl (C=O) groups is 2. The molecular formula is C12H19NO3. The van der Waals surface area contributed by atoms with E-state index in [2.05, 4.69) is 5.32 Å². The van der Waals surface area contributed by atoms with E-state index in [1.165, 1.54) is 0 Å². The summed E-state index contributed by atoms with van der Waals surface area (Å²) in [5.74, 6) is 1.14. The van der Waals surface area contributed by atoms with Gasteiger partial charge in [0.25, 0.3) is 0 Å². The molecule has 0 unspecified atom stereocenters. The zero-order valence-corrected chi connectivity index (χ0v) is 9.70. The van der Waals surface area contributed by atoms with Gasteiger partial charge < -0.3 is 10.1 Å². The molecule has 2 rings (SSSR count). The lowest BCUT2D eigenvalue weighted by molar-refractivity contribution is -0.147. The van der Waals surface area contributed by atoms with Gasteiger partial charge in [-0.15, -0.1) is 0 Å². The SMILES string of the molecule is CCOC(=O)[C@@H]1C[C@@H]2CC(=O)CC[C@@H]2CN1. The zero-order valence-electron chi connectivity index (χ0n) is 9.70. The first kappa shape index (κ1) is 11.6. The summed E-state index contributed by atoms with van der Waals surface area (Å²) < 4.78 is 5.00. The summed E-state index contributed by atoms with van der Waals surface area (Å²) in [6.45, 7) is 3.08. The predicted molar refractivity (Wildman–Crippen MR) is 58.9 cm³/mol. The molecule has 1 saturated heterocycles. The van der Waals surface area contributed by atoms with Crippen molar-refractivity contribution in [3.05, 3.63) is 0 Å². The molecule has 0 radical (unpaired) electrons. The second-order valence-corrected chi connectivity index (χ2v) is 4.75. The van der Waals surface area contributed by atoms with Crippen molar-refractivity contribution in [3.63, 3.8) is 0 Å². The van der Waals surface area contributed by atoms with Gasteiger partial charge in [-0.3, -0.25) is 9.59 Å². The molecule has 0 aromatic carbocycles. The first-order chi connectivity index (χ1) is 7.70. The minimum absolute atomic E-state index is 0.168. The van der Waals surface area contributed by atoms with Crippen molar-refractivity contribution in [3.8, 4) is 0 Å². The molecule has 1 aliphatic carbocycles. The number of Topliss-reactive ketones (excluding diaryl/α,β-unsaturated/α-hetero) is 1. The molecule has 2 fully saturated rings. The molecule has 0 aromatic rings. The average molecular weight is 225 g/mol. The lowest BCUT2D eigenvalue weighted by Crippen LogP contribution is -2.50. The number of piperidine rings is 1. The molecule has 0 spiro atoms. The summed E-state index contributed by atoms with van der Waals surface area (Å²) in [5.41, 5.74) is 0. The summed E-state index contributed by atoms with van der Waals surface area (Å²) in [7, 11) is 0. The number of hydrogen-bond acceptors (Lipinski definition) is 4. The molecule has 16 heavy (non-hydrogen) atoms. The lowest BCUT2D eigenvalue weighted by Gasteiger charge is -2.38. The molecule has 4 nitrogen and oxygen atoms in total. The third kappa shape index (κ3) is 2.43. The summed E-state index contributed by atoms with van der Waals surface area (Å²) in [4.78, 5) is 23.0. The Morgan fingerprint density at radius 3 is 3.06 bits per heavy atom. The third-order valence-corrected chi connectivity index (χ3v) is 3.69. The Labute approximate surface area is 95.7 Å². The minimum Gasteiger partial charge on any atom is -0.465 e. The maximum absolute atomic E-state index is 11.6. The second-order valence-electron chi connectivity index (χ2n) is 4.75. The first-order valence-corrected chi connectivity index (χ1v) is 6.12. The van der Waals surface area contributed by atoms with Gasteiger partial charge in [-0.2, -0.15) is 0 Å². The number of carbonyl (C=O) groups excluding carboxylic acids is 2. The van der Waals surface area contributed by atoms with Crippen LogP contribution in [0.25, 0.3) is 0 Å². The summed E-state index contributed by atoms with van der Waals surface area (Å²) in [5, 5.41) is 3.23. The van der Waals surface area contributed by atoms with Crippen LogP contribution in [0, 0.1) is 11.8 Å². The third-order valence-electron chi connectivity index (χ3n) is 3.69. The molecule has 0 bridgehead atoms. The van der Waals surface area contributed by atoms with E-state index in [1.54, 1.807) is 0 Å². The van der Waals surface area contributed by atoms with Gasteiger partial charge in [-0.1, -0.05) is 0 Å². The highest BCUT2D eigenvalue weighted by molar-refractivity contribution is 5.80. The molecule has 1 saturated carbocycles. The Bertz CT molecular complexity index is 290. The van der Waals surface area contributed by atoms with Crippen molar-refractivity contribution in [2.45, 2.75) is 38.6 Å². The van der Waals surface area contributed by atoms with Crippen molar-refractivity contribution in [2.24, 2.45) is 11.8 Å². The van der Waals surface area contributed by atoms with Crippen LogP contribution < -0.4 is 5.32 Å². The Hall–Kier alpha value is -0.900. The van der Waals surface area contributed by atoms with Crippen LogP contribution in [0.4, 0.5) is 0 Å². The highest BCUT2D eigenvalue weighted by Crippen LogP contribution is 2.34. The second kappa shape index (κ2) is 4.95. The summed E-state index contributed by atoms with van der Waals surface area (Å²) in [6.07, 6.45) is 3.11. The van der Waals surface area contributed by atoms with Gasteiger partial charge in [0.05, 0.1) is 6.61 Å². The van der Waals surface area contributed by atoms with Crippen LogP contribution >= 0.6 is 0 Å². The van der Waals surface area contributed by atoms with Crippen LogP contribution in [0.1, 0.15) is 32.6 Å². The van der Waals surface area contributed by atoms with Gasteiger partial charge in [0.1, 0.15) is 11.8 Å². The Balaban J connectivity index is 1.92. The van der Waals surface area contributed by atoms with Crippen LogP contribution in [-0.4, -0.2) is 30.9 Å². The number of ketones is 1. The summed E-state index contributed by atoms with van der Waals surface area (Å²) >= 11 is 0. The first-order valence-electron chi connectivity index (χ1n) is 6.12. The molecule has 1 heterocycles. The van der Waals surface area contributed by atoms with Gasteiger partial charge in [-0.25, -0.2) is 0 Å². The normalized spacial score (nSPS) is 34.3. The number of rotatable bonds is 2. The average Bonchev–Trinajstić information content (AvgIpc) is 2.28. The van der Waals surface area contributed by atoms with E-state index in [0.29, 0.717) is 37.1 Å². The van der Waals surface area contributed by atoms with Crippen LogP contribution in [-0.2, 0) is 14.3 Å². The Morgan fingerprint density at radius 1 is 1.50 bits per heavy atom. The lowest BCUT2D eigenvalue weighted by atomic mass is 9.73. The molecule has 0 amide bonds. The Morgan fingerprint density at radius 2 is 2.31 bits per heavy atom. The predicted octanol–water partition coefficient (Wildman–Crippen LogP) is 0.897. The fraction of sp³-hybridized carbons (Fsp3) is 0.833. The zero-order chi connectivity index (χ0) is 11.5. The number of nitrogens with one attached hydrogen (secondary N) is 1. The van der Waals surface area contributed by atoms with E-state index in [9.17, 15) is 9.59 Å². The highest BCUT2D eigenvalue weighted by atomic mass is 16.5. The van der Waals surface area contributed by atoms with Crippen molar-refractivity contribution in [1.82, 2.24) is 5.32 Å². The molecule has 2 aliphatic rings. The van der Waals surface area contributed by atoms with E-state index in [4.69, 9.17) is 4.74 Å². The topological polar surface area (TPSA) is 55.4 Å². The monoisotopic (exact) mass is 225 g/mol. The minimum atomic E-state index is -0.202. The van der Waals surface area contributed by atoms with Gasteiger partial charge >= 0.3 is 5.97 Å². The van der Waals surface area contributed by atoms with Gasteiger partial charge in [-0.05, 0) is 38.1 Å².